The summed E-state index contributed by atoms with van der Waals surface area (Å²) in [5, 5.41) is 0. The number of nitrogens with two attached hydrogens (primary N) is 1. The van der Waals surface area contributed by atoms with Gasteiger partial charge in [0.05, 0.1) is 11.0 Å². The van der Waals surface area contributed by atoms with E-state index in [1.54, 1.807) is 0 Å². The van der Waals surface area contributed by atoms with Crippen LogP contribution in [0, 0.1) is 0 Å². The molecule has 1 aromatic heterocycles. The molecule has 2 N–H and O–H groups in total. The lowest BCUT2D eigenvalue weighted by molar-refractivity contribution is 0.588. The van der Waals surface area contributed by atoms with Gasteiger partial charge in [0.25, 0.3) is 0 Å². The minimum atomic E-state index is 0.184. The number of benzene rings is 2. The van der Waals surface area contributed by atoms with Gasteiger partial charge in [-0.3, -0.25) is 0 Å². The molecule has 1 unspecified atom stereocenters. The van der Waals surface area contributed by atoms with Crippen LogP contribution in [0.25, 0.3) is 11.0 Å². The van der Waals surface area contributed by atoms with E-state index in [0.717, 1.165) is 23.3 Å². The zero-order valence-corrected chi connectivity index (χ0v) is 15.1. The second-order valence-electron chi connectivity index (χ2n) is 7.60. The summed E-state index contributed by atoms with van der Waals surface area (Å²) in [7, 11) is 2.08. The van der Waals surface area contributed by atoms with E-state index in [0.29, 0.717) is 6.54 Å². The Kier molecular flexibility index (Phi) is 4.46. The van der Waals surface area contributed by atoms with Gasteiger partial charge in [0.1, 0.15) is 5.82 Å². The molecule has 1 atom stereocenters. The number of rotatable bonds is 4. The highest BCUT2D eigenvalue weighted by atomic mass is 15.1. The molecule has 3 aromatic rings. The number of para-hydroxylation sites is 2. The molecule has 126 valence electrons. The van der Waals surface area contributed by atoms with Crippen molar-refractivity contribution in [3.63, 3.8) is 0 Å². The number of aryl methyl sites for hydroxylation is 1. The molecule has 0 spiro atoms. The smallest absolute Gasteiger partial charge is 0.114 e. The van der Waals surface area contributed by atoms with E-state index in [1.807, 2.05) is 6.07 Å². The van der Waals surface area contributed by atoms with Gasteiger partial charge in [0.2, 0.25) is 0 Å². The minimum absolute atomic E-state index is 0.184. The van der Waals surface area contributed by atoms with E-state index in [2.05, 4.69) is 74.9 Å². The molecule has 0 radical (unpaired) electrons. The van der Waals surface area contributed by atoms with Gasteiger partial charge >= 0.3 is 0 Å². The van der Waals surface area contributed by atoms with Crippen molar-refractivity contribution in [1.82, 2.24) is 9.55 Å². The van der Waals surface area contributed by atoms with Crippen molar-refractivity contribution in [2.24, 2.45) is 12.8 Å². The Morgan fingerprint density at radius 3 is 2.29 bits per heavy atom. The van der Waals surface area contributed by atoms with E-state index in [-0.39, 0.29) is 11.3 Å². The van der Waals surface area contributed by atoms with Crippen molar-refractivity contribution < 1.29 is 0 Å². The van der Waals surface area contributed by atoms with Gasteiger partial charge < -0.3 is 10.3 Å². The van der Waals surface area contributed by atoms with Crippen molar-refractivity contribution in [2.45, 2.75) is 38.5 Å². The standard InChI is InChI=1S/C21H27N3/c1-21(2,3)17-11-9-15(10-12-17)13-16(14-22)20-23-18-7-5-6-8-19(18)24(20)4/h5-12,16H,13-14,22H2,1-4H3. The lowest BCUT2D eigenvalue weighted by Crippen LogP contribution is -2.19. The molecule has 1 heterocycles. The number of hydrogen-bond donors (Lipinski definition) is 1. The van der Waals surface area contributed by atoms with Gasteiger partial charge in [0.15, 0.2) is 0 Å². The maximum absolute atomic E-state index is 6.09. The third-order valence-corrected chi connectivity index (χ3v) is 4.77. The first-order valence-corrected chi connectivity index (χ1v) is 8.61. The Morgan fingerprint density at radius 2 is 1.71 bits per heavy atom. The SMILES string of the molecule is Cn1c(C(CN)Cc2ccc(C(C)(C)C)cc2)nc2ccccc21. The van der Waals surface area contributed by atoms with Crippen molar-refractivity contribution >= 4 is 11.0 Å². The van der Waals surface area contributed by atoms with Crippen LogP contribution in [0.4, 0.5) is 0 Å². The van der Waals surface area contributed by atoms with E-state index >= 15 is 0 Å². The van der Waals surface area contributed by atoms with Gasteiger partial charge in [-0.15, -0.1) is 0 Å². The lowest BCUT2D eigenvalue weighted by Gasteiger charge is -2.20. The van der Waals surface area contributed by atoms with Crippen molar-refractivity contribution in [3.8, 4) is 0 Å². The first-order chi connectivity index (χ1) is 11.4. The minimum Gasteiger partial charge on any atom is -0.331 e. The molecule has 0 saturated heterocycles. The number of nitrogens with zero attached hydrogens (tertiary/aromatic N) is 2. The van der Waals surface area contributed by atoms with Crippen LogP contribution in [0.3, 0.4) is 0 Å². The summed E-state index contributed by atoms with van der Waals surface area (Å²) in [6.45, 7) is 7.32. The Morgan fingerprint density at radius 1 is 1.04 bits per heavy atom. The Balaban J connectivity index is 1.87. The fraction of sp³-hybridized carbons (Fsp3) is 0.381. The second kappa shape index (κ2) is 6.40. The molecule has 3 nitrogen and oxygen atoms in total. The van der Waals surface area contributed by atoms with Gasteiger partial charge in [-0.2, -0.15) is 0 Å². The summed E-state index contributed by atoms with van der Waals surface area (Å²) in [6.07, 6.45) is 0.915. The molecular formula is C21H27N3. The third kappa shape index (κ3) is 3.22. The summed E-state index contributed by atoms with van der Waals surface area (Å²) in [6, 6.07) is 17.2. The van der Waals surface area contributed by atoms with Crippen LogP contribution >= 0.6 is 0 Å². The number of imidazole rings is 1. The maximum atomic E-state index is 6.09. The molecule has 2 aromatic carbocycles. The van der Waals surface area contributed by atoms with Gasteiger partial charge in [-0.25, -0.2) is 4.98 Å². The Bertz CT molecular complexity index is 822. The second-order valence-corrected chi connectivity index (χ2v) is 7.60. The molecule has 0 aliphatic rings. The van der Waals surface area contributed by atoms with Crippen LogP contribution in [0.5, 0.6) is 0 Å². The summed E-state index contributed by atoms with van der Waals surface area (Å²) < 4.78 is 2.18. The van der Waals surface area contributed by atoms with Crippen molar-refractivity contribution in [1.29, 1.82) is 0 Å². The topological polar surface area (TPSA) is 43.8 Å². The number of hydrogen-bond acceptors (Lipinski definition) is 2. The average Bonchev–Trinajstić information content (AvgIpc) is 2.89. The number of fused-ring (bicyclic) bond motifs is 1. The monoisotopic (exact) mass is 321 g/mol. The summed E-state index contributed by atoms with van der Waals surface area (Å²) in [4.78, 5) is 4.82. The number of aromatic nitrogens is 2. The molecule has 0 aliphatic carbocycles. The van der Waals surface area contributed by atoms with E-state index in [4.69, 9.17) is 10.7 Å². The van der Waals surface area contributed by atoms with Gasteiger partial charge in [-0.1, -0.05) is 57.2 Å². The van der Waals surface area contributed by atoms with Crippen LogP contribution in [-0.2, 0) is 18.9 Å². The van der Waals surface area contributed by atoms with Crippen molar-refractivity contribution in [2.75, 3.05) is 6.54 Å². The normalized spacial score (nSPS) is 13.4. The maximum Gasteiger partial charge on any atom is 0.114 e. The summed E-state index contributed by atoms with van der Waals surface area (Å²) >= 11 is 0. The highest BCUT2D eigenvalue weighted by Crippen LogP contribution is 2.26. The average molecular weight is 321 g/mol. The largest absolute Gasteiger partial charge is 0.331 e. The first kappa shape index (κ1) is 16.7. The molecule has 0 bridgehead atoms. The fourth-order valence-corrected chi connectivity index (χ4v) is 3.23. The highest BCUT2D eigenvalue weighted by Gasteiger charge is 2.19. The molecule has 0 amide bonds. The molecule has 3 rings (SSSR count). The molecule has 0 saturated carbocycles. The van der Waals surface area contributed by atoms with Gasteiger partial charge in [-0.05, 0) is 35.1 Å². The summed E-state index contributed by atoms with van der Waals surface area (Å²) in [5.74, 6) is 1.29. The predicted octanol–water partition coefficient (Wildman–Crippen LogP) is 4.16. The molecule has 0 aliphatic heterocycles. The van der Waals surface area contributed by atoms with Crippen LogP contribution in [-0.4, -0.2) is 16.1 Å². The lowest BCUT2D eigenvalue weighted by atomic mass is 9.86. The zero-order valence-electron chi connectivity index (χ0n) is 15.1. The van der Waals surface area contributed by atoms with E-state index in [9.17, 15) is 0 Å². The van der Waals surface area contributed by atoms with Crippen LogP contribution in [0.2, 0.25) is 0 Å². The van der Waals surface area contributed by atoms with E-state index < -0.39 is 0 Å². The van der Waals surface area contributed by atoms with Crippen LogP contribution in [0.1, 0.15) is 43.6 Å². The highest BCUT2D eigenvalue weighted by molar-refractivity contribution is 5.75. The first-order valence-electron chi connectivity index (χ1n) is 8.61. The zero-order chi connectivity index (χ0) is 17.3. The summed E-state index contributed by atoms with van der Waals surface area (Å²) in [5.41, 5.74) is 11.1. The van der Waals surface area contributed by atoms with E-state index in [1.165, 1.54) is 11.1 Å². The molecule has 24 heavy (non-hydrogen) atoms. The molecule has 0 fully saturated rings. The van der Waals surface area contributed by atoms with Crippen LogP contribution in [0.15, 0.2) is 48.5 Å². The molecular weight excluding hydrogens is 294 g/mol. The fourth-order valence-electron chi connectivity index (χ4n) is 3.23. The molecule has 3 heteroatoms. The quantitative estimate of drug-likeness (QED) is 0.784. The Hall–Kier alpha value is -2.13. The van der Waals surface area contributed by atoms with Crippen molar-refractivity contribution in [3.05, 3.63) is 65.5 Å². The predicted molar refractivity (Wildman–Crippen MR) is 101 cm³/mol. The third-order valence-electron chi connectivity index (χ3n) is 4.77. The van der Waals surface area contributed by atoms with Crippen LogP contribution < -0.4 is 5.73 Å². The van der Waals surface area contributed by atoms with Gasteiger partial charge in [0, 0.05) is 19.5 Å². The Labute approximate surface area is 144 Å².